The quantitative estimate of drug-likeness (QED) is 0.843. The van der Waals surface area contributed by atoms with E-state index in [9.17, 15) is 4.79 Å². The highest BCUT2D eigenvalue weighted by atomic mass is 127. The van der Waals surface area contributed by atoms with Crippen molar-refractivity contribution < 1.29 is 4.79 Å². The van der Waals surface area contributed by atoms with Gasteiger partial charge in [0.2, 0.25) is 5.91 Å². The number of nitrogens with zero attached hydrogens (tertiary/aromatic N) is 1. The van der Waals surface area contributed by atoms with E-state index in [2.05, 4.69) is 22.6 Å². The molecule has 1 aromatic carbocycles. The second-order valence-electron chi connectivity index (χ2n) is 3.79. The number of halogens is 1. The zero-order chi connectivity index (χ0) is 10.8. The Kier molecular flexibility index (Phi) is 3.25. The van der Waals surface area contributed by atoms with Gasteiger partial charge < -0.3 is 10.6 Å². The molecule has 1 fully saturated rings. The minimum Gasteiger partial charge on any atom is -0.330 e. The molecule has 0 spiro atoms. The summed E-state index contributed by atoms with van der Waals surface area (Å²) < 4.78 is 1.18. The van der Waals surface area contributed by atoms with Gasteiger partial charge in [0.15, 0.2) is 0 Å². The molecule has 0 bridgehead atoms. The van der Waals surface area contributed by atoms with Crippen molar-refractivity contribution in [3.05, 3.63) is 27.8 Å². The highest BCUT2D eigenvalue weighted by Crippen LogP contribution is 2.24. The van der Waals surface area contributed by atoms with Crippen LogP contribution < -0.4 is 10.6 Å². The number of nitrogens with two attached hydrogens (primary N) is 1. The summed E-state index contributed by atoms with van der Waals surface area (Å²) in [6.07, 6.45) is 0.586. The molecule has 3 nitrogen and oxygen atoms in total. The SMILES string of the molecule is NCC1CC(=O)N(c2ccc(I)cc2)C1. The van der Waals surface area contributed by atoms with E-state index in [0.717, 1.165) is 12.2 Å². The average Bonchev–Trinajstić information content (AvgIpc) is 2.61. The van der Waals surface area contributed by atoms with E-state index >= 15 is 0 Å². The zero-order valence-corrected chi connectivity index (χ0v) is 10.5. The number of hydrogen-bond donors (Lipinski definition) is 1. The Morgan fingerprint density at radius 2 is 2.07 bits per heavy atom. The van der Waals surface area contributed by atoms with E-state index in [4.69, 9.17) is 5.73 Å². The first-order valence-electron chi connectivity index (χ1n) is 4.96. The Labute approximate surface area is 103 Å². The second-order valence-corrected chi connectivity index (χ2v) is 5.03. The number of anilines is 1. The zero-order valence-electron chi connectivity index (χ0n) is 8.32. The normalized spacial score (nSPS) is 21.1. The summed E-state index contributed by atoms with van der Waals surface area (Å²) >= 11 is 2.25. The Morgan fingerprint density at radius 1 is 1.40 bits per heavy atom. The van der Waals surface area contributed by atoms with Crippen LogP contribution in [0, 0.1) is 9.49 Å². The molecule has 0 radical (unpaired) electrons. The summed E-state index contributed by atoms with van der Waals surface area (Å²) in [5, 5.41) is 0. The van der Waals surface area contributed by atoms with Crippen molar-refractivity contribution in [1.82, 2.24) is 0 Å². The summed E-state index contributed by atoms with van der Waals surface area (Å²) in [5.74, 6) is 0.503. The van der Waals surface area contributed by atoms with Crippen molar-refractivity contribution >= 4 is 34.2 Å². The van der Waals surface area contributed by atoms with Crippen LogP contribution in [0.1, 0.15) is 6.42 Å². The lowest BCUT2D eigenvalue weighted by atomic mass is 10.1. The third kappa shape index (κ3) is 2.31. The van der Waals surface area contributed by atoms with Crippen LogP contribution in [0.2, 0.25) is 0 Å². The Morgan fingerprint density at radius 3 is 2.60 bits per heavy atom. The monoisotopic (exact) mass is 316 g/mol. The van der Waals surface area contributed by atoms with Crippen LogP contribution in [0.25, 0.3) is 0 Å². The van der Waals surface area contributed by atoms with Gasteiger partial charge in [-0.15, -0.1) is 0 Å². The number of amides is 1. The molecule has 1 amide bonds. The lowest BCUT2D eigenvalue weighted by Crippen LogP contribution is -2.25. The van der Waals surface area contributed by atoms with Gasteiger partial charge in [-0.2, -0.15) is 0 Å². The minimum atomic E-state index is 0.187. The number of benzene rings is 1. The van der Waals surface area contributed by atoms with Gasteiger partial charge in [-0.05, 0) is 59.3 Å². The van der Waals surface area contributed by atoms with Crippen LogP contribution in [0.15, 0.2) is 24.3 Å². The second kappa shape index (κ2) is 4.49. The number of hydrogen-bond acceptors (Lipinski definition) is 2. The van der Waals surface area contributed by atoms with Gasteiger partial charge in [0.25, 0.3) is 0 Å². The first kappa shape index (κ1) is 10.9. The maximum Gasteiger partial charge on any atom is 0.227 e. The van der Waals surface area contributed by atoms with Crippen LogP contribution in [0.5, 0.6) is 0 Å². The van der Waals surface area contributed by atoms with Crippen molar-refractivity contribution in [2.45, 2.75) is 6.42 Å². The third-order valence-electron chi connectivity index (χ3n) is 2.68. The summed E-state index contributed by atoms with van der Waals surface area (Å²) in [6.45, 7) is 1.35. The first-order valence-corrected chi connectivity index (χ1v) is 6.04. The van der Waals surface area contributed by atoms with Crippen molar-refractivity contribution in [3.8, 4) is 0 Å². The van der Waals surface area contributed by atoms with Gasteiger partial charge in [-0.1, -0.05) is 0 Å². The van der Waals surface area contributed by atoms with Gasteiger partial charge in [0.05, 0.1) is 0 Å². The van der Waals surface area contributed by atoms with Crippen LogP contribution >= 0.6 is 22.6 Å². The number of carbonyl (C=O) groups excluding carboxylic acids is 1. The molecule has 4 heteroatoms. The highest BCUT2D eigenvalue weighted by molar-refractivity contribution is 14.1. The van der Waals surface area contributed by atoms with E-state index < -0.39 is 0 Å². The molecule has 80 valence electrons. The average molecular weight is 316 g/mol. The van der Waals surface area contributed by atoms with E-state index in [1.807, 2.05) is 29.2 Å². The molecule has 0 aliphatic carbocycles. The van der Waals surface area contributed by atoms with E-state index in [-0.39, 0.29) is 5.91 Å². The molecule has 15 heavy (non-hydrogen) atoms. The summed E-state index contributed by atoms with van der Waals surface area (Å²) in [6, 6.07) is 8.00. The molecular formula is C11H13IN2O. The standard InChI is InChI=1S/C11H13IN2O/c12-9-1-3-10(4-2-9)14-7-8(6-13)5-11(14)15/h1-4,8H,5-7,13H2. The number of carbonyl (C=O) groups is 1. The van der Waals surface area contributed by atoms with Crippen molar-refractivity contribution in [1.29, 1.82) is 0 Å². The van der Waals surface area contributed by atoms with Crippen molar-refractivity contribution in [3.63, 3.8) is 0 Å². The van der Waals surface area contributed by atoms with Gasteiger partial charge in [0.1, 0.15) is 0 Å². The lowest BCUT2D eigenvalue weighted by Gasteiger charge is -2.16. The highest BCUT2D eigenvalue weighted by Gasteiger charge is 2.29. The molecule has 1 heterocycles. The molecular weight excluding hydrogens is 303 g/mol. The summed E-state index contributed by atoms with van der Waals surface area (Å²) in [7, 11) is 0. The molecule has 0 aromatic heterocycles. The minimum absolute atomic E-state index is 0.187. The van der Waals surface area contributed by atoms with Gasteiger partial charge in [-0.3, -0.25) is 4.79 Å². The molecule has 0 saturated carbocycles. The molecule has 1 aliphatic rings. The molecule has 1 unspecified atom stereocenters. The molecule has 2 N–H and O–H groups in total. The van der Waals surface area contributed by atoms with E-state index in [1.165, 1.54) is 3.57 Å². The molecule has 2 rings (SSSR count). The molecule has 1 saturated heterocycles. The van der Waals surface area contributed by atoms with Gasteiger partial charge in [-0.25, -0.2) is 0 Å². The Bertz CT molecular complexity index is 363. The van der Waals surface area contributed by atoms with Crippen molar-refractivity contribution in [2.75, 3.05) is 18.0 Å². The maximum absolute atomic E-state index is 11.7. The Balaban J connectivity index is 2.18. The van der Waals surface area contributed by atoms with Crippen LogP contribution in [0.3, 0.4) is 0 Å². The molecule has 1 atom stereocenters. The smallest absolute Gasteiger partial charge is 0.227 e. The largest absolute Gasteiger partial charge is 0.330 e. The fourth-order valence-corrected chi connectivity index (χ4v) is 2.17. The summed E-state index contributed by atoms with van der Waals surface area (Å²) in [4.78, 5) is 13.5. The number of rotatable bonds is 2. The van der Waals surface area contributed by atoms with Crippen LogP contribution in [-0.2, 0) is 4.79 Å². The van der Waals surface area contributed by atoms with Crippen LogP contribution in [-0.4, -0.2) is 19.0 Å². The van der Waals surface area contributed by atoms with Gasteiger partial charge >= 0.3 is 0 Å². The molecule has 1 aromatic rings. The molecule has 1 aliphatic heterocycles. The maximum atomic E-state index is 11.7. The lowest BCUT2D eigenvalue weighted by molar-refractivity contribution is -0.117. The predicted molar refractivity (Wildman–Crippen MR) is 68.7 cm³/mol. The summed E-state index contributed by atoms with van der Waals surface area (Å²) in [5.41, 5.74) is 6.56. The third-order valence-corrected chi connectivity index (χ3v) is 3.40. The fourth-order valence-electron chi connectivity index (χ4n) is 1.81. The van der Waals surface area contributed by atoms with Gasteiger partial charge in [0, 0.05) is 22.2 Å². The van der Waals surface area contributed by atoms with E-state index in [0.29, 0.717) is 18.9 Å². The van der Waals surface area contributed by atoms with Crippen molar-refractivity contribution in [2.24, 2.45) is 11.7 Å². The topological polar surface area (TPSA) is 46.3 Å². The van der Waals surface area contributed by atoms with E-state index in [1.54, 1.807) is 0 Å². The van der Waals surface area contributed by atoms with Crippen LogP contribution in [0.4, 0.5) is 5.69 Å². The Hall–Kier alpha value is -0.620. The fraction of sp³-hybridized carbons (Fsp3) is 0.364. The predicted octanol–water partition coefficient (Wildman–Crippen LogP) is 1.60. The first-order chi connectivity index (χ1) is 7.20.